The van der Waals surface area contributed by atoms with Crippen LogP contribution in [0.1, 0.15) is 16.2 Å². The molecule has 0 aliphatic carbocycles. The van der Waals surface area contributed by atoms with Crippen molar-refractivity contribution in [3.8, 4) is 11.3 Å². The van der Waals surface area contributed by atoms with Crippen molar-refractivity contribution >= 4 is 5.91 Å². The van der Waals surface area contributed by atoms with Gasteiger partial charge in [0.2, 0.25) is 0 Å². The summed E-state index contributed by atoms with van der Waals surface area (Å²) in [4.78, 5) is 23.4. The number of methoxy groups -OCH3 is 1. The van der Waals surface area contributed by atoms with Gasteiger partial charge in [0.15, 0.2) is 0 Å². The number of rotatable bonds is 7. The van der Waals surface area contributed by atoms with Crippen LogP contribution in [-0.2, 0) is 18.3 Å². The number of carbonyl (C=O) groups is 1. The third-order valence-corrected chi connectivity index (χ3v) is 4.01. The molecule has 6 heteroatoms. The number of pyridine rings is 1. The number of aryl methyl sites for hydroxylation is 1. The van der Waals surface area contributed by atoms with Gasteiger partial charge in [0.05, 0.1) is 30.9 Å². The second-order valence-electron chi connectivity index (χ2n) is 6.02. The molecular weight excluding hydrogens is 328 g/mol. The number of imidazole rings is 1. The lowest BCUT2D eigenvalue weighted by Gasteiger charge is -2.21. The van der Waals surface area contributed by atoms with Crippen molar-refractivity contribution in [3.63, 3.8) is 0 Å². The first-order valence-electron chi connectivity index (χ1n) is 8.45. The van der Waals surface area contributed by atoms with Gasteiger partial charge < -0.3 is 14.2 Å². The number of hydrogen-bond donors (Lipinski definition) is 0. The van der Waals surface area contributed by atoms with E-state index in [1.54, 1.807) is 29.1 Å². The van der Waals surface area contributed by atoms with E-state index in [1.165, 1.54) is 0 Å². The first-order valence-corrected chi connectivity index (χ1v) is 8.45. The van der Waals surface area contributed by atoms with Crippen LogP contribution >= 0.6 is 0 Å². The first kappa shape index (κ1) is 17.8. The van der Waals surface area contributed by atoms with Crippen LogP contribution in [0.5, 0.6) is 0 Å². The number of ether oxygens (including phenoxy) is 1. The fourth-order valence-corrected chi connectivity index (χ4v) is 2.67. The molecule has 2 aromatic heterocycles. The van der Waals surface area contributed by atoms with Crippen LogP contribution in [0.15, 0.2) is 61.1 Å². The van der Waals surface area contributed by atoms with Crippen molar-refractivity contribution in [2.45, 2.75) is 6.54 Å². The Labute approximate surface area is 153 Å². The van der Waals surface area contributed by atoms with Crippen LogP contribution in [0.25, 0.3) is 11.3 Å². The quantitative estimate of drug-likeness (QED) is 0.657. The van der Waals surface area contributed by atoms with Gasteiger partial charge in [-0.05, 0) is 12.1 Å². The summed E-state index contributed by atoms with van der Waals surface area (Å²) in [6, 6.07) is 15.9. The molecule has 1 amide bonds. The molecule has 6 nitrogen and oxygen atoms in total. The lowest BCUT2D eigenvalue weighted by Crippen LogP contribution is -2.34. The molecule has 0 spiro atoms. The third kappa shape index (κ3) is 4.34. The second kappa shape index (κ2) is 8.40. The summed E-state index contributed by atoms with van der Waals surface area (Å²) in [6.45, 7) is 1.33. The van der Waals surface area contributed by atoms with E-state index in [2.05, 4.69) is 4.98 Å². The minimum Gasteiger partial charge on any atom is -0.383 e. The fraction of sp³-hybridized carbons (Fsp3) is 0.250. The molecule has 134 valence electrons. The highest BCUT2D eigenvalue weighted by molar-refractivity contribution is 5.92. The van der Waals surface area contributed by atoms with Crippen LogP contribution < -0.4 is 0 Å². The predicted octanol–water partition coefficient (Wildman–Crippen LogP) is 2.77. The van der Waals surface area contributed by atoms with Gasteiger partial charge in [0.1, 0.15) is 5.69 Å². The zero-order chi connectivity index (χ0) is 18.4. The molecule has 2 heterocycles. The summed E-state index contributed by atoms with van der Waals surface area (Å²) in [5, 5.41) is 0. The van der Waals surface area contributed by atoms with Gasteiger partial charge in [-0.1, -0.05) is 36.4 Å². The van der Waals surface area contributed by atoms with Crippen LogP contribution in [-0.4, -0.2) is 45.6 Å². The van der Waals surface area contributed by atoms with Gasteiger partial charge in [-0.15, -0.1) is 0 Å². The van der Waals surface area contributed by atoms with E-state index in [4.69, 9.17) is 9.72 Å². The summed E-state index contributed by atoms with van der Waals surface area (Å²) in [7, 11) is 3.46. The predicted molar refractivity (Wildman–Crippen MR) is 99.5 cm³/mol. The normalized spacial score (nSPS) is 10.7. The average Bonchev–Trinajstić information content (AvgIpc) is 3.12. The highest BCUT2D eigenvalue weighted by Crippen LogP contribution is 2.17. The first-order chi connectivity index (χ1) is 12.7. The molecule has 0 unspecified atom stereocenters. The van der Waals surface area contributed by atoms with Gasteiger partial charge in [-0.3, -0.25) is 9.78 Å². The highest BCUT2D eigenvalue weighted by atomic mass is 16.5. The average molecular weight is 350 g/mol. The molecular formula is C20H22N4O2. The zero-order valence-corrected chi connectivity index (χ0v) is 15.0. The zero-order valence-electron chi connectivity index (χ0n) is 15.0. The minimum absolute atomic E-state index is 0.130. The van der Waals surface area contributed by atoms with Crippen LogP contribution in [0.3, 0.4) is 0 Å². The SMILES string of the molecule is COCCN(Cc1cccc(-c2ccccc2)n1)C(=O)c1cn(C)cn1. The van der Waals surface area contributed by atoms with Crippen LogP contribution in [0.4, 0.5) is 0 Å². The molecule has 0 aliphatic heterocycles. The Hall–Kier alpha value is -2.99. The number of aromatic nitrogens is 3. The number of benzene rings is 1. The monoisotopic (exact) mass is 350 g/mol. The van der Waals surface area contributed by atoms with Crippen molar-refractivity contribution in [3.05, 3.63) is 72.4 Å². The molecule has 3 aromatic rings. The van der Waals surface area contributed by atoms with Crippen molar-refractivity contribution in [1.82, 2.24) is 19.4 Å². The topological polar surface area (TPSA) is 60.2 Å². The molecule has 0 N–H and O–H groups in total. The van der Waals surface area contributed by atoms with Gasteiger partial charge in [0, 0.05) is 32.5 Å². The molecule has 0 bridgehead atoms. The van der Waals surface area contributed by atoms with E-state index in [-0.39, 0.29) is 5.91 Å². The van der Waals surface area contributed by atoms with Crippen molar-refractivity contribution in [2.24, 2.45) is 7.05 Å². The number of carbonyl (C=O) groups excluding carboxylic acids is 1. The minimum atomic E-state index is -0.130. The maximum absolute atomic E-state index is 12.8. The van der Waals surface area contributed by atoms with Crippen molar-refractivity contribution < 1.29 is 9.53 Å². The molecule has 3 rings (SSSR count). The van der Waals surface area contributed by atoms with E-state index >= 15 is 0 Å². The van der Waals surface area contributed by atoms with Gasteiger partial charge in [-0.2, -0.15) is 0 Å². The maximum Gasteiger partial charge on any atom is 0.274 e. The Balaban J connectivity index is 1.81. The number of amides is 1. The molecule has 0 fully saturated rings. The summed E-state index contributed by atoms with van der Waals surface area (Å²) < 4.78 is 6.91. The molecule has 1 aromatic carbocycles. The summed E-state index contributed by atoms with van der Waals surface area (Å²) in [6.07, 6.45) is 3.34. The summed E-state index contributed by atoms with van der Waals surface area (Å²) in [5.41, 5.74) is 3.18. The Morgan fingerprint density at radius 1 is 1.15 bits per heavy atom. The maximum atomic E-state index is 12.8. The van der Waals surface area contributed by atoms with Crippen LogP contribution in [0, 0.1) is 0 Å². The lowest BCUT2D eigenvalue weighted by molar-refractivity contribution is 0.0672. The van der Waals surface area contributed by atoms with E-state index in [9.17, 15) is 4.79 Å². The van der Waals surface area contributed by atoms with Crippen LogP contribution in [0.2, 0.25) is 0 Å². The second-order valence-corrected chi connectivity index (χ2v) is 6.02. The van der Waals surface area contributed by atoms with E-state index in [0.29, 0.717) is 25.4 Å². The molecule has 0 aliphatic rings. The molecule has 0 saturated heterocycles. The molecule has 0 atom stereocenters. The summed E-state index contributed by atoms with van der Waals surface area (Å²) in [5.74, 6) is -0.130. The Morgan fingerprint density at radius 2 is 1.96 bits per heavy atom. The van der Waals surface area contributed by atoms with Gasteiger partial charge >= 0.3 is 0 Å². The molecule has 0 saturated carbocycles. The largest absolute Gasteiger partial charge is 0.383 e. The van der Waals surface area contributed by atoms with Gasteiger partial charge in [0.25, 0.3) is 5.91 Å². The highest BCUT2D eigenvalue weighted by Gasteiger charge is 2.19. The van der Waals surface area contributed by atoms with Crippen molar-refractivity contribution in [2.75, 3.05) is 20.3 Å². The smallest absolute Gasteiger partial charge is 0.274 e. The molecule has 0 radical (unpaired) electrons. The Bertz CT molecular complexity index is 861. The fourth-order valence-electron chi connectivity index (χ4n) is 2.67. The van der Waals surface area contributed by atoms with E-state index in [1.807, 2.05) is 55.6 Å². The standard InChI is InChI=1S/C20H22N4O2/c1-23-14-19(21-15-23)20(25)24(11-12-26-2)13-17-9-6-10-18(22-17)16-7-4-3-5-8-16/h3-10,14-15H,11-13H2,1-2H3. The third-order valence-electron chi connectivity index (χ3n) is 4.01. The van der Waals surface area contributed by atoms with E-state index in [0.717, 1.165) is 17.0 Å². The Kier molecular flexibility index (Phi) is 5.76. The molecule has 26 heavy (non-hydrogen) atoms. The van der Waals surface area contributed by atoms with Crippen molar-refractivity contribution in [1.29, 1.82) is 0 Å². The van der Waals surface area contributed by atoms with E-state index < -0.39 is 0 Å². The number of hydrogen-bond acceptors (Lipinski definition) is 4. The summed E-state index contributed by atoms with van der Waals surface area (Å²) >= 11 is 0. The lowest BCUT2D eigenvalue weighted by atomic mass is 10.1. The Morgan fingerprint density at radius 3 is 2.65 bits per heavy atom. The van der Waals surface area contributed by atoms with Gasteiger partial charge in [-0.25, -0.2) is 4.98 Å². The number of nitrogens with zero attached hydrogens (tertiary/aromatic N) is 4.